The summed E-state index contributed by atoms with van der Waals surface area (Å²) in [7, 11) is 0. The monoisotopic (exact) mass is 428 g/mol. The minimum Gasteiger partial charge on any atom is -0.481 e. The van der Waals surface area contributed by atoms with Crippen molar-refractivity contribution >= 4 is 11.8 Å². The van der Waals surface area contributed by atoms with E-state index in [0.29, 0.717) is 49.6 Å². The number of aromatic nitrogens is 2. The molecule has 1 fully saturated rings. The number of carbonyl (C=O) groups excluding carboxylic acids is 2. The number of rotatable bonds is 4. The van der Waals surface area contributed by atoms with Gasteiger partial charge in [-0.1, -0.05) is 6.07 Å². The second kappa shape index (κ2) is 8.49. The van der Waals surface area contributed by atoms with Crippen LogP contribution in [-0.4, -0.2) is 50.8 Å². The lowest BCUT2D eigenvalue weighted by Gasteiger charge is -2.29. The molecule has 1 saturated heterocycles. The predicted octanol–water partition coefficient (Wildman–Crippen LogP) is 1.94. The van der Waals surface area contributed by atoms with Gasteiger partial charge in [-0.3, -0.25) is 14.4 Å². The Morgan fingerprint density at radius 2 is 2.13 bits per heavy atom. The molecule has 1 N–H and O–H groups in total. The number of amides is 2. The van der Waals surface area contributed by atoms with E-state index in [4.69, 9.17) is 4.74 Å². The van der Waals surface area contributed by atoms with Crippen molar-refractivity contribution in [2.24, 2.45) is 0 Å². The van der Waals surface area contributed by atoms with E-state index in [1.807, 2.05) is 0 Å². The first-order valence-corrected chi connectivity index (χ1v) is 10.4. The molecule has 0 saturated carbocycles. The number of nitrogens with one attached hydrogen (secondary N) is 1. The van der Waals surface area contributed by atoms with Crippen LogP contribution in [0.15, 0.2) is 29.1 Å². The molecule has 31 heavy (non-hydrogen) atoms. The molecular formula is C22H25FN4O4. The second-order valence-electron chi connectivity index (χ2n) is 7.97. The summed E-state index contributed by atoms with van der Waals surface area (Å²) in [6, 6.07) is 5.27. The number of fused-ring (bicyclic) bond motifs is 1. The van der Waals surface area contributed by atoms with E-state index in [2.05, 4.69) is 9.97 Å². The van der Waals surface area contributed by atoms with Crippen molar-refractivity contribution in [1.29, 1.82) is 0 Å². The molecule has 8 nitrogen and oxygen atoms in total. The highest BCUT2D eigenvalue weighted by Crippen LogP contribution is 2.31. The maximum atomic E-state index is 13.4. The average molecular weight is 428 g/mol. The van der Waals surface area contributed by atoms with E-state index in [0.717, 1.165) is 6.42 Å². The lowest BCUT2D eigenvalue weighted by atomic mass is 10.1. The van der Waals surface area contributed by atoms with Gasteiger partial charge in [0.25, 0.3) is 11.5 Å². The summed E-state index contributed by atoms with van der Waals surface area (Å²) in [4.78, 5) is 48.3. The third-order valence-electron chi connectivity index (χ3n) is 5.85. The summed E-state index contributed by atoms with van der Waals surface area (Å²) in [5.74, 6) is -0.0430. The Morgan fingerprint density at radius 3 is 2.87 bits per heavy atom. The van der Waals surface area contributed by atoms with Gasteiger partial charge in [0.1, 0.15) is 17.4 Å². The molecule has 2 aromatic rings. The summed E-state index contributed by atoms with van der Waals surface area (Å²) in [6.07, 6.45) is 1.07. The van der Waals surface area contributed by atoms with Crippen molar-refractivity contribution in [1.82, 2.24) is 19.8 Å². The number of benzene rings is 1. The van der Waals surface area contributed by atoms with Crippen molar-refractivity contribution in [2.45, 2.75) is 51.8 Å². The smallest absolute Gasteiger partial charge is 0.263 e. The Hall–Kier alpha value is -3.23. The van der Waals surface area contributed by atoms with Gasteiger partial charge in [-0.05, 0) is 38.3 Å². The van der Waals surface area contributed by atoms with Crippen LogP contribution in [-0.2, 0) is 22.6 Å². The number of H-pyrrole nitrogens is 1. The van der Waals surface area contributed by atoms with Gasteiger partial charge in [0.2, 0.25) is 5.91 Å². The van der Waals surface area contributed by atoms with Crippen LogP contribution in [0.2, 0.25) is 0 Å². The third-order valence-corrected chi connectivity index (χ3v) is 5.85. The van der Waals surface area contributed by atoms with Gasteiger partial charge in [-0.15, -0.1) is 0 Å². The number of hydrogen-bond acceptors (Lipinski definition) is 5. The summed E-state index contributed by atoms with van der Waals surface area (Å²) >= 11 is 0. The fraction of sp³-hybridized carbons (Fsp3) is 0.455. The number of hydrogen-bond donors (Lipinski definition) is 1. The molecular weight excluding hydrogens is 403 g/mol. The fourth-order valence-corrected chi connectivity index (χ4v) is 4.23. The summed E-state index contributed by atoms with van der Waals surface area (Å²) < 4.78 is 19.1. The molecule has 1 aromatic heterocycles. The first kappa shape index (κ1) is 21.0. The van der Waals surface area contributed by atoms with Crippen LogP contribution in [0.5, 0.6) is 5.75 Å². The number of nitrogens with zero attached hydrogens (tertiary/aromatic N) is 3. The average Bonchev–Trinajstić information content (AvgIpc) is 3.22. The minimum atomic E-state index is -0.819. The van der Waals surface area contributed by atoms with Crippen molar-refractivity contribution < 1.29 is 18.7 Å². The summed E-state index contributed by atoms with van der Waals surface area (Å²) in [5.41, 5.74) is 0.968. The molecule has 2 amide bonds. The molecule has 1 aromatic carbocycles. The van der Waals surface area contributed by atoms with Crippen molar-refractivity contribution in [2.75, 3.05) is 13.1 Å². The largest absolute Gasteiger partial charge is 0.481 e. The van der Waals surface area contributed by atoms with Gasteiger partial charge in [0.15, 0.2) is 6.10 Å². The Balaban J connectivity index is 1.55. The first-order valence-electron chi connectivity index (χ1n) is 10.4. The Labute approximate surface area is 179 Å². The Bertz CT molecular complexity index is 1070. The third kappa shape index (κ3) is 4.30. The van der Waals surface area contributed by atoms with Gasteiger partial charge in [-0.2, -0.15) is 0 Å². The lowest BCUT2D eigenvalue weighted by Crippen LogP contribution is -2.42. The highest BCUT2D eigenvalue weighted by atomic mass is 19.1. The zero-order chi connectivity index (χ0) is 22.1. The number of likely N-dealkylation sites (tertiary alicyclic amines) is 1. The molecule has 2 atom stereocenters. The SMILES string of the molecule is CC(=O)N1CCc2c(nc([C@H]3CCCN3C(=O)[C@H](C)Oc3cccc(F)c3)[nH]c2=O)C1. The topological polar surface area (TPSA) is 95.6 Å². The molecule has 2 aliphatic rings. The molecule has 0 bridgehead atoms. The number of aromatic amines is 1. The fourth-order valence-electron chi connectivity index (χ4n) is 4.23. The normalized spacial score (nSPS) is 19.1. The van der Waals surface area contributed by atoms with Gasteiger partial charge in [0.05, 0.1) is 18.3 Å². The van der Waals surface area contributed by atoms with Crippen LogP contribution < -0.4 is 10.3 Å². The zero-order valence-corrected chi connectivity index (χ0v) is 17.6. The van der Waals surface area contributed by atoms with E-state index in [1.165, 1.54) is 25.1 Å². The van der Waals surface area contributed by atoms with Crippen LogP contribution in [0.1, 0.15) is 49.8 Å². The maximum Gasteiger partial charge on any atom is 0.263 e. The van der Waals surface area contributed by atoms with Gasteiger partial charge < -0.3 is 19.5 Å². The number of ether oxygens (including phenoxy) is 1. The van der Waals surface area contributed by atoms with E-state index in [9.17, 15) is 18.8 Å². The molecule has 9 heteroatoms. The van der Waals surface area contributed by atoms with Crippen LogP contribution in [0.25, 0.3) is 0 Å². The van der Waals surface area contributed by atoms with Crippen molar-refractivity contribution in [3.63, 3.8) is 0 Å². The molecule has 0 radical (unpaired) electrons. The number of halogens is 1. The standard InChI is InChI=1S/C22H25FN4O4/c1-13(31-16-6-3-5-15(23)11-16)22(30)27-9-4-7-19(27)20-24-18-12-26(14(2)28)10-8-17(18)21(29)25-20/h3,5-6,11,13,19H,4,7-10,12H2,1-2H3,(H,24,25,29)/t13-,19+/m0/s1. The van der Waals surface area contributed by atoms with Crippen molar-refractivity contribution in [3.8, 4) is 5.75 Å². The predicted molar refractivity (Wildman–Crippen MR) is 110 cm³/mol. The number of carbonyl (C=O) groups is 2. The van der Waals surface area contributed by atoms with Gasteiger partial charge >= 0.3 is 0 Å². The molecule has 0 spiro atoms. The van der Waals surface area contributed by atoms with Gasteiger partial charge in [-0.25, -0.2) is 9.37 Å². The maximum absolute atomic E-state index is 13.4. The Morgan fingerprint density at radius 1 is 1.32 bits per heavy atom. The quantitative estimate of drug-likeness (QED) is 0.803. The van der Waals surface area contributed by atoms with Crippen LogP contribution >= 0.6 is 0 Å². The van der Waals surface area contributed by atoms with Gasteiger partial charge in [0, 0.05) is 31.6 Å². The minimum absolute atomic E-state index is 0.0599. The highest BCUT2D eigenvalue weighted by Gasteiger charge is 2.35. The van der Waals surface area contributed by atoms with Crippen molar-refractivity contribution in [3.05, 3.63) is 57.5 Å². The Kier molecular flexibility index (Phi) is 5.75. The van der Waals surface area contributed by atoms with E-state index < -0.39 is 11.9 Å². The molecule has 0 aliphatic carbocycles. The molecule has 2 aliphatic heterocycles. The van der Waals surface area contributed by atoms with Crippen LogP contribution in [0.3, 0.4) is 0 Å². The molecule has 4 rings (SSSR count). The molecule has 0 unspecified atom stereocenters. The highest BCUT2D eigenvalue weighted by molar-refractivity contribution is 5.81. The molecule has 164 valence electrons. The van der Waals surface area contributed by atoms with E-state index >= 15 is 0 Å². The first-order chi connectivity index (χ1) is 14.8. The molecule has 3 heterocycles. The van der Waals surface area contributed by atoms with Crippen LogP contribution in [0.4, 0.5) is 4.39 Å². The van der Waals surface area contributed by atoms with E-state index in [1.54, 1.807) is 22.8 Å². The van der Waals surface area contributed by atoms with E-state index in [-0.39, 0.29) is 29.2 Å². The lowest BCUT2D eigenvalue weighted by molar-refractivity contribution is -0.139. The second-order valence-corrected chi connectivity index (χ2v) is 7.97. The zero-order valence-electron chi connectivity index (χ0n) is 17.6. The summed E-state index contributed by atoms with van der Waals surface area (Å²) in [6.45, 7) is 4.42. The summed E-state index contributed by atoms with van der Waals surface area (Å²) in [5, 5.41) is 0. The van der Waals surface area contributed by atoms with Crippen LogP contribution in [0, 0.1) is 5.82 Å².